The van der Waals surface area contributed by atoms with Crippen LogP contribution in [0.15, 0.2) is 4.40 Å². The zero-order chi connectivity index (χ0) is 11.5. The van der Waals surface area contributed by atoms with E-state index in [0.29, 0.717) is 5.92 Å². The second-order valence-corrected chi connectivity index (χ2v) is 7.57. The number of rotatable bonds is 2. The van der Waals surface area contributed by atoms with E-state index in [-0.39, 0.29) is 4.75 Å². The van der Waals surface area contributed by atoms with Gasteiger partial charge in [0.15, 0.2) is 0 Å². The molecule has 0 aromatic heterocycles. The number of nitrogens with zero attached hydrogens (tertiary/aromatic N) is 1. The van der Waals surface area contributed by atoms with E-state index in [2.05, 4.69) is 11.3 Å². The predicted molar refractivity (Wildman–Crippen MR) is 67.5 cm³/mol. The largest absolute Gasteiger partial charge is 0.591 e. The minimum Gasteiger partial charge on any atom is -0.591 e. The van der Waals surface area contributed by atoms with Gasteiger partial charge in [0.1, 0.15) is 16.1 Å². The highest BCUT2D eigenvalue weighted by Crippen LogP contribution is 2.27. The van der Waals surface area contributed by atoms with Crippen LogP contribution in [0.4, 0.5) is 0 Å². The first-order valence-electron chi connectivity index (χ1n) is 5.86. The highest BCUT2D eigenvalue weighted by molar-refractivity contribution is 7.91. The Bertz CT molecular complexity index is 214. The van der Waals surface area contributed by atoms with Crippen LogP contribution in [0, 0.1) is 11.8 Å². The van der Waals surface area contributed by atoms with Crippen LogP contribution in [0.5, 0.6) is 0 Å². The van der Waals surface area contributed by atoms with Crippen LogP contribution in [0.3, 0.4) is 0 Å². The molecule has 1 aliphatic carbocycles. The van der Waals surface area contributed by atoms with Gasteiger partial charge in [-0.1, -0.05) is 24.2 Å². The molecule has 3 heteroatoms. The van der Waals surface area contributed by atoms with Gasteiger partial charge in [0.25, 0.3) is 0 Å². The smallest absolute Gasteiger partial charge is 0.144 e. The Labute approximate surface area is 96.9 Å². The van der Waals surface area contributed by atoms with E-state index in [1.54, 1.807) is 0 Å². The van der Waals surface area contributed by atoms with Crippen LogP contribution in [-0.4, -0.2) is 15.5 Å². The molecule has 1 fully saturated rings. The zero-order valence-electron chi connectivity index (χ0n) is 10.3. The molecule has 0 aromatic carbocycles. The normalized spacial score (nSPS) is 30.7. The van der Waals surface area contributed by atoms with Gasteiger partial charge in [0.05, 0.1) is 6.21 Å². The van der Waals surface area contributed by atoms with Gasteiger partial charge in [-0.3, -0.25) is 0 Å². The van der Waals surface area contributed by atoms with Crippen molar-refractivity contribution in [3.8, 4) is 0 Å². The third-order valence-electron chi connectivity index (χ3n) is 2.95. The lowest BCUT2D eigenvalue weighted by atomic mass is 9.84. The Morgan fingerprint density at radius 3 is 2.20 bits per heavy atom. The van der Waals surface area contributed by atoms with Crippen molar-refractivity contribution < 1.29 is 4.55 Å². The van der Waals surface area contributed by atoms with Crippen molar-refractivity contribution in [3.05, 3.63) is 0 Å². The quantitative estimate of drug-likeness (QED) is 0.528. The van der Waals surface area contributed by atoms with E-state index in [9.17, 15) is 4.55 Å². The maximum absolute atomic E-state index is 11.7. The van der Waals surface area contributed by atoms with Gasteiger partial charge in [-0.15, -0.1) is 0 Å². The average Bonchev–Trinajstić information content (AvgIpc) is 2.15. The minimum atomic E-state index is -1.08. The first-order valence-corrected chi connectivity index (χ1v) is 6.96. The molecule has 0 heterocycles. The van der Waals surface area contributed by atoms with Crippen molar-refractivity contribution >= 4 is 17.6 Å². The molecule has 1 saturated carbocycles. The molecule has 15 heavy (non-hydrogen) atoms. The monoisotopic (exact) mass is 229 g/mol. The molecular formula is C12H23NOS. The summed E-state index contributed by atoms with van der Waals surface area (Å²) in [6, 6.07) is 0. The summed E-state index contributed by atoms with van der Waals surface area (Å²) in [6.45, 7) is 8.19. The maximum Gasteiger partial charge on any atom is 0.144 e. The van der Waals surface area contributed by atoms with Gasteiger partial charge in [-0.05, 0) is 45.4 Å². The van der Waals surface area contributed by atoms with Gasteiger partial charge in [0, 0.05) is 0 Å². The summed E-state index contributed by atoms with van der Waals surface area (Å²) >= 11 is -1.08. The molecule has 88 valence electrons. The molecule has 0 aliphatic heterocycles. The van der Waals surface area contributed by atoms with Crippen molar-refractivity contribution in [1.82, 2.24) is 0 Å². The first-order chi connectivity index (χ1) is 6.89. The van der Waals surface area contributed by atoms with E-state index in [0.717, 1.165) is 5.92 Å². The second-order valence-electron chi connectivity index (χ2n) is 5.64. The molecule has 1 rings (SSSR count). The highest BCUT2D eigenvalue weighted by atomic mass is 32.2. The molecule has 1 aliphatic rings. The number of hydrogen-bond acceptors (Lipinski definition) is 2. The number of hydrogen-bond donors (Lipinski definition) is 0. The molecule has 2 nitrogen and oxygen atoms in total. The lowest BCUT2D eigenvalue weighted by molar-refractivity contribution is 0.347. The van der Waals surface area contributed by atoms with Crippen LogP contribution >= 0.6 is 0 Å². The molecule has 0 amide bonds. The third kappa shape index (κ3) is 4.56. The summed E-state index contributed by atoms with van der Waals surface area (Å²) in [4.78, 5) is 0. The summed E-state index contributed by atoms with van der Waals surface area (Å²) in [6.07, 6.45) is 6.95. The van der Waals surface area contributed by atoms with Gasteiger partial charge >= 0.3 is 0 Å². The topological polar surface area (TPSA) is 35.4 Å². The fourth-order valence-electron chi connectivity index (χ4n) is 1.73. The average molecular weight is 229 g/mol. The molecule has 0 N–H and O–H groups in total. The van der Waals surface area contributed by atoms with E-state index >= 15 is 0 Å². The maximum atomic E-state index is 11.7. The van der Waals surface area contributed by atoms with E-state index in [1.807, 2.05) is 27.0 Å². The second kappa shape index (κ2) is 5.35. The molecular weight excluding hydrogens is 206 g/mol. The Morgan fingerprint density at radius 2 is 1.73 bits per heavy atom. The minimum absolute atomic E-state index is 0.224. The predicted octanol–water partition coefficient (Wildman–Crippen LogP) is 3.35. The van der Waals surface area contributed by atoms with Crippen molar-refractivity contribution in [3.63, 3.8) is 0 Å². The van der Waals surface area contributed by atoms with E-state index in [1.165, 1.54) is 25.7 Å². The highest BCUT2D eigenvalue weighted by Gasteiger charge is 2.26. The fraction of sp³-hybridized carbons (Fsp3) is 0.917. The van der Waals surface area contributed by atoms with Gasteiger partial charge in [0.2, 0.25) is 0 Å². The third-order valence-corrected chi connectivity index (χ3v) is 4.31. The lowest BCUT2D eigenvalue weighted by Crippen LogP contribution is -2.26. The molecule has 0 radical (unpaired) electrons. The van der Waals surface area contributed by atoms with Crippen LogP contribution < -0.4 is 0 Å². The summed E-state index contributed by atoms with van der Waals surface area (Å²) < 4.78 is 15.7. The van der Waals surface area contributed by atoms with Gasteiger partial charge in [-0.2, -0.15) is 0 Å². The van der Waals surface area contributed by atoms with Crippen LogP contribution in [-0.2, 0) is 11.4 Å². The molecule has 0 bridgehead atoms. The SMILES string of the molecule is CC1CCC(C=N[S+]([O-])C(C)(C)C)CC1. The van der Waals surface area contributed by atoms with Crippen molar-refractivity contribution in [2.24, 2.45) is 16.2 Å². The fourth-order valence-corrected chi connectivity index (χ4v) is 2.33. The summed E-state index contributed by atoms with van der Waals surface area (Å²) in [5.74, 6) is 1.43. The standard InChI is InChI=1S/C12H23NOS/c1-10-5-7-11(8-6-10)9-13-15(14)12(2,3)4/h9-11H,5-8H2,1-4H3. The van der Waals surface area contributed by atoms with Crippen molar-refractivity contribution in [2.45, 2.75) is 58.1 Å². The Balaban J connectivity index is 2.38. The van der Waals surface area contributed by atoms with Crippen molar-refractivity contribution in [1.29, 1.82) is 0 Å². The first kappa shape index (κ1) is 13.0. The Hall–Kier alpha value is -0.0200. The van der Waals surface area contributed by atoms with Crippen molar-refractivity contribution in [2.75, 3.05) is 0 Å². The van der Waals surface area contributed by atoms with Gasteiger partial charge < -0.3 is 4.55 Å². The van der Waals surface area contributed by atoms with Crippen LogP contribution in [0.25, 0.3) is 0 Å². The lowest BCUT2D eigenvalue weighted by Gasteiger charge is -2.23. The van der Waals surface area contributed by atoms with Gasteiger partial charge in [-0.25, -0.2) is 0 Å². The summed E-state index contributed by atoms with van der Waals surface area (Å²) in [5.41, 5.74) is 0. The van der Waals surface area contributed by atoms with Crippen LogP contribution in [0.1, 0.15) is 53.4 Å². The summed E-state index contributed by atoms with van der Waals surface area (Å²) in [7, 11) is 0. The van der Waals surface area contributed by atoms with Crippen LogP contribution in [0.2, 0.25) is 0 Å². The molecule has 1 unspecified atom stereocenters. The summed E-state index contributed by atoms with van der Waals surface area (Å²) in [5, 5.41) is 0. The van der Waals surface area contributed by atoms with E-state index < -0.39 is 11.4 Å². The molecule has 0 aromatic rings. The Kier molecular flexibility index (Phi) is 4.65. The Morgan fingerprint density at radius 1 is 1.20 bits per heavy atom. The van der Waals surface area contributed by atoms with E-state index in [4.69, 9.17) is 0 Å². The zero-order valence-corrected chi connectivity index (χ0v) is 11.1. The molecule has 1 atom stereocenters. The molecule has 0 saturated heterocycles. The molecule has 0 spiro atoms.